The molecule has 0 aromatic carbocycles. The van der Waals surface area contributed by atoms with Crippen LogP contribution in [-0.2, 0) is 47.7 Å². The van der Waals surface area contributed by atoms with Crippen LogP contribution in [0.2, 0.25) is 0 Å². The van der Waals surface area contributed by atoms with Crippen LogP contribution in [0.15, 0.2) is 0 Å². The first-order valence-electron chi connectivity index (χ1n) is 6.95. The number of hydrogen-bond donors (Lipinski definition) is 0. The molecule has 0 N–H and O–H groups in total. The Kier molecular flexibility index (Phi) is 6.83. The zero-order valence-electron chi connectivity index (χ0n) is 13.5. The lowest BCUT2D eigenvalue weighted by Crippen LogP contribution is -2.62. The summed E-state index contributed by atoms with van der Waals surface area (Å²) in [5.74, 6) is -3.14. The van der Waals surface area contributed by atoms with E-state index in [-0.39, 0.29) is 0 Å². The molecule has 0 aliphatic carbocycles. The standard InChI is InChI=1S/C14H18O10/c1-6(16)20-11-10(5-15)24-14(23-9(4)19)13(22-8(3)18)12(11)21-7(2)17/h5,10-14H,1-4H3/t10-,11-,12+,13-,14?/m1/s1. The number of ether oxygens (including phenoxy) is 5. The lowest BCUT2D eigenvalue weighted by Gasteiger charge is -2.42. The monoisotopic (exact) mass is 346 g/mol. The second kappa shape index (κ2) is 8.39. The van der Waals surface area contributed by atoms with Crippen molar-refractivity contribution >= 4 is 30.2 Å². The van der Waals surface area contributed by atoms with Crippen LogP contribution in [0, 0.1) is 0 Å². The Bertz CT molecular complexity index is 528. The van der Waals surface area contributed by atoms with Crippen LogP contribution in [0.4, 0.5) is 0 Å². The third kappa shape index (κ3) is 5.30. The van der Waals surface area contributed by atoms with Crippen molar-refractivity contribution in [3.63, 3.8) is 0 Å². The first-order valence-corrected chi connectivity index (χ1v) is 6.95. The van der Waals surface area contributed by atoms with Gasteiger partial charge in [0.25, 0.3) is 0 Å². The van der Waals surface area contributed by atoms with Crippen molar-refractivity contribution in [1.29, 1.82) is 0 Å². The molecule has 5 atom stereocenters. The molecule has 0 aromatic heterocycles. The fourth-order valence-electron chi connectivity index (χ4n) is 2.17. The highest BCUT2D eigenvalue weighted by molar-refractivity contribution is 5.70. The van der Waals surface area contributed by atoms with Gasteiger partial charge in [0.1, 0.15) is 0 Å². The first kappa shape index (κ1) is 19.6. The van der Waals surface area contributed by atoms with Gasteiger partial charge in [-0.15, -0.1) is 0 Å². The maximum Gasteiger partial charge on any atom is 0.305 e. The van der Waals surface area contributed by atoms with E-state index in [9.17, 15) is 24.0 Å². The third-order valence-corrected chi connectivity index (χ3v) is 2.85. The van der Waals surface area contributed by atoms with Crippen molar-refractivity contribution in [3.05, 3.63) is 0 Å². The quantitative estimate of drug-likeness (QED) is 0.356. The van der Waals surface area contributed by atoms with Crippen molar-refractivity contribution in [2.45, 2.75) is 58.4 Å². The highest BCUT2D eigenvalue weighted by Crippen LogP contribution is 2.28. The molecule has 0 aromatic rings. The van der Waals surface area contributed by atoms with Crippen LogP contribution in [0.3, 0.4) is 0 Å². The molecule has 0 amide bonds. The average molecular weight is 346 g/mol. The van der Waals surface area contributed by atoms with Gasteiger partial charge in [0.2, 0.25) is 12.4 Å². The molecule has 1 aliphatic rings. The number of esters is 4. The molecular weight excluding hydrogens is 328 g/mol. The molecule has 1 aliphatic heterocycles. The maximum atomic E-state index is 11.4. The van der Waals surface area contributed by atoms with Crippen LogP contribution in [0.1, 0.15) is 27.7 Å². The Labute approximate surface area is 137 Å². The van der Waals surface area contributed by atoms with E-state index in [0.717, 1.165) is 27.7 Å². The number of carbonyl (C=O) groups excluding carboxylic acids is 5. The molecule has 1 unspecified atom stereocenters. The average Bonchev–Trinajstić information content (AvgIpc) is 2.42. The Morgan fingerprint density at radius 2 is 1.12 bits per heavy atom. The largest absolute Gasteiger partial charge is 0.455 e. The van der Waals surface area contributed by atoms with E-state index >= 15 is 0 Å². The highest BCUT2D eigenvalue weighted by Gasteiger charge is 2.53. The number of aldehydes is 1. The summed E-state index contributed by atoms with van der Waals surface area (Å²) in [6.45, 7) is 4.29. The van der Waals surface area contributed by atoms with E-state index in [2.05, 4.69) is 0 Å². The van der Waals surface area contributed by atoms with Crippen LogP contribution < -0.4 is 0 Å². The number of hydrogen-bond acceptors (Lipinski definition) is 10. The van der Waals surface area contributed by atoms with Crippen molar-refractivity contribution in [3.8, 4) is 0 Å². The topological polar surface area (TPSA) is 132 Å². The van der Waals surface area contributed by atoms with E-state index in [1.165, 1.54) is 0 Å². The summed E-state index contributed by atoms with van der Waals surface area (Å²) >= 11 is 0. The maximum absolute atomic E-state index is 11.4. The molecule has 1 rings (SSSR count). The first-order chi connectivity index (χ1) is 11.1. The highest BCUT2D eigenvalue weighted by atomic mass is 16.7. The minimum Gasteiger partial charge on any atom is -0.455 e. The van der Waals surface area contributed by atoms with Crippen LogP contribution in [0.25, 0.3) is 0 Å². The molecule has 0 saturated carbocycles. The second-order valence-corrected chi connectivity index (χ2v) is 4.94. The third-order valence-electron chi connectivity index (χ3n) is 2.85. The van der Waals surface area contributed by atoms with E-state index in [1.54, 1.807) is 0 Å². The Hall–Kier alpha value is -2.49. The zero-order chi connectivity index (χ0) is 18.4. The molecule has 1 heterocycles. The smallest absolute Gasteiger partial charge is 0.305 e. The molecule has 0 spiro atoms. The van der Waals surface area contributed by atoms with E-state index in [0.29, 0.717) is 6.29 Å². The Morgan fingerprint density at radius 3 is 1.54 bits per heavy atom. The summed E-state index contributed by atoms with van der Waals surface area (Å²) in [6.07, 6.45) is -6.81. The Balaban J connectivity index is 3.25. The minimum atomic E-state index is -1.52. The van der Waals surface area contributed by atoms with Gasteiger partial charge in [0.15, 0.2) is 24.6 Å². The summed E-state index contributed by atoms with van der Waals surface area (Å²) in [7, 11) is 0. The molecule has 1 fully saturated rings. The van der Waals surface area contributed by atoms with Crippen molar-refractivity contribution in [2.75, 3.05) is 0 Å². The SMILES string of the molecule is CC(=O)OC1O[C@H](C=O)[C@@H](OC(C)=O)[C@H](OC(C)=O)[C@H]1OC(C)=O. The van der Waals surface area contributed by atoms with Crippen LogP contribution >= 0.6 is 0 Å². The predicted molar refractivity (Wildman–Crippen MR) is 73.2 cm³/mol. The lowest BCUT2D eigenvalue weighted by atomic mass is 9.98. The summed E-state index contributed by atoms with van der Waals surface area (Å²) in [5, 5.41) is 0. The number of carbonyl (C=O) groups is 5. The van der Waals surface area contributed by atoms with Crippen LogP contribution in [-0.4, -0.2) is 60.9 Å². The van der Waals surface area contributed by atoms with E-state index in [4.69, 9.17) is 23.7 Å². The molecule has 10 nitrogen and oxygen atoms in total. The van der Waals surface area contributed by atoms with E-state index in [1.807, 2.05) is 0 Å². The molecule has 10 heteroatoms. The van der Waals surface area contributed by atoms with Crippen molar-refractivity contribution in [1.82, 2.24) is 0 Å². The fourth-order valence-corrected chi connectivity index (χ4v) is 2.17. The van der Waals surface area contributed by atoms with Gasteiger partial charge in [-0.1, -0.05) is 0 Å². The molecule has 1 saturated heterocycles. The molecule has 0 radical (unpaired) electrons. The van der Waals surface area contributed by atoms with Crippen molar-refractivity contribution in [2.24, 2.45) is 0 Å². The van der Waals surface area contributed by atoms with Gasteiger partial charge in [-0.2, -0.15) is 0 Å². The van der Waals surface area contributed by atoms with Gasteiger partial charge < -0.3 is 28.5 Å². The van der Waals surface area contributed by atoms with Gasteiger partial charge in [-0.05, 0) is 0 Å². The summed E-state index contributed by atoms with van der Waals surface area (Å²) in [6, 6.07) is 0. The summed E-state index contributed by atoms with van der Waals surface area (Å²) in [4.78, 5) is 56.4. The van der Waals surface area contributed by atoms with Gasteiger partial charge in [-0.25, -0.2) is 0 Å². The van der Waals surface area contributed by atoms with Gasteiger partial charge in [0.05, 0.1) is 0 Å². The second-order valence-electron chi connectivity index (χ2n) is 4.94. The normalized spacial score (nSPS) is 29.1. The zero-order valence-corrected chi connectivity index (χ0v) is 13.5. The Morgan fingerprint density at radius 1 is 0.708 bits per heavy atom. The van der Waals surface area contributed by atoms with Gasteiger partial charge >= 0.3 is 23.9 Å². The van der Waals surface area contributed by atoms with Crippen LogP contribution in [0.5, 0.6) is 0 Å². The van der Waals surface area contributed by atoms with Crippen molar-refractivity contribution < 1.29 is 47.7 Å². The van der Waals surface area contributed by atoms with Gasteiger partial charge in [-0.3, -0.25) is 19.2 Å². The summed E-state index contributed by atoms with van der Waals surface area (Å²) < 4.78 is 25.1. The fraction of sp³-hybridized carbons (Fsp3) is 0.643. The van der Waals surface area contributed by atoms with E-state index < -0.39 is 54.6 Å². The lowest BCUT2D eigenvalue weighted by molar-refractivity contribution is -0.288. The molecule has 0 bridgehead atoms. The summed E-state index contributed by atoms with van der Waals surface area (Å²) in [5.41, 5.74) is 0. The number of rotatable bonds is 5. The predicted octanol–water partition coefficient (Wildman–Crippen LogP) is -0.732. The molecule has 134 valence electrons. The van der Waals surface area contributed by atoms with Gasteiger partial charge in [0, 0.05) is 27.7 Å². The molecule has 24 heavy (non-hydrogen) atoms. The minimum absolute atomic E-state index is 0.296. The molecular formula is C14H18O10.